The van der Waals surface area contributed by atoms with Crippen molar-refractivity contribution in [3.63, 3.8) is 0 Å². The van der Waals surface area contributed by atoms with Crippen LogP contribution in [0.25, 0.3) is 32.7 Å². The van der Waals surface area contributed by atoms with E-state index in [0.717, 1.165) is 60.2 Å². The quantitative estimate of drug-likeness (QED) is 0.300. The summed E-state index contributed by atoms with van der Waals surface area (Å²) in [7, 11) is -3.93. The van der Waals surface area contributed by atoms with Gasteiger partial charge in [0, 0.05) is 61.3 Å². The highest BCUT2D eigenvalue weighted by molar-refractivity contribution is 7.90. The van der Waals surface area contributed by atoms with E-state index in [0.29, 0.717) is 11.0 Å². The number of fused-ring (bicyclic) bond motifs is 4. The fourth-order valence-electron chi connectivity index (χ4n) is 5.60. The number of anilines is 1. The van der Waals surface area contributed by atoms with Crippen molar-refractivity contribution < 1.29 is 8.42 Å². The standard InChI is InChI=1S/C31H27N5O2S/c37-39(38,28-14-6-10-24-11-7-16-32-29(24)28)36-17-15-26-30(36)25-12-4-5-13-27(25)33-31(26)35-20-18-34(19-21-35)22-23-8-2-1-3-9-23/h1-17H,18-22H2. The zero-order chi connectivity index (χ0) is 26.4. The molecule has 1 saturated heterocycles. The molecule has 194 valence electrons. The maximum Gasteiger partial charge on any atom is 0.270 e. The van der Waals surface area contributed by atoms with Crippen molar-refractivity contribution in [1.82, 2.24) is 18.8 Å². The molecule has 0 N–H and O–H groups in total. The predicted molar refractivity (Wildman–Crippen MR) is 155 cm³/mol. The van der Waals surface area contributed by atoms with Gasteiger partial charge in [0.2, 0.25) is 0 Å². The van der Waals surface area contributed by atoms with Gasteiger partial charge in [-0.05, 0) is 29.8 Å². The van der Waals surface area contributed by atoms with Crippen LogP contribution in [0.1, 0.15) is 5.56 Å². The molecule has 0 amide bonds. The lowest BCUT2D eigenvalue weighted by atomic mass is 10.1. The van der Waals surface area contributed by atoms with Crippen molar-refractivity contribution in [1.29, 1.82) is 0 Å². The van der Waals surface area contributed by atoms with Gasteiger partial charge in [0.05, 0.1) is 16.6 Å². The van der Waals surface area contributed by atoms with Crippen molar-refractivity contribution in [3.05, 3.63) is 109 Å². The summed E-state index contributed by atoms with van der Waals surface area (Å²) in [6.45, 7) is 4.37. The zero-order valence-electron chi connectivity index (χ0n) is 21.3. The maximum absolute atomic E-state index is 14.2. The van der Waals surface area contributed by atoms with Gasteiger partial charge in [-0.25, -0.2) is 17.4 Å². The fraction of sp³-hybridized carbons (Fsp3) is 0.161. The second-order valence-electron chi connectivity index (χ2n) is 9.91. The smallest absolute Gasteiger partial charge is 0.270 e. The Balaban J connectivity index is 1.31. The van der Waals surface area contributed by atoms with Crippen LogP contribution in [0, 0.1) is 0 Å². The minimum atomic E-state index is -3.93. The molecule has 39 heavy (non-hydrogen) atoms. The first-order chi connectivity index (χ1) is 19.1. The fourth-order valence-corrected chi connectivity index (χ4v) is 7.13. The van der Waals surface area contributed by atoms with Crippen LogP contribution in [-0.2, 0) is 16.6 Å². The molecule has 1 fully saturated rings. The van der Waals surface area contributed by atoms with Crippen LogP contribution in [0.2, 0.25) is 0 Å². The third kappa shape index (κ3) is 4.13. The van der Waals surface area contributed by atoms with E-state index in [1.165, 1.54) is 9.54 Å². The number of pyridine rings is 2. The van der Waals surface area contributed by atoms with E-state index in [9.17, 15) is 8.42 Å². The van der Waals surface area contributed by atoms with Gasteiger partial charge in [-0.3, -0.25) is 9.88 Å². The number of nitrogens with zero attached hydrogens (tertiary/aromatic N) is 5. The number of hydrogen-bond acceptors (Lipinski definition) is 6. The van der Waals surface area contributed by atoms with E-state index in [-0.39, 0.29) is 4.90 Å². The van der Waals surface area contributed by atoms with Gasteiger partial charge < -0.3 is 4.90 Å². The highest BCUT2D eigenvalue weighted by Gasteiger charge is 2.27. The summed E-state index contributed by atoms with van der Waals surface area (Å²) >= 11 is 0. The molecule has 6 aromatic rings. The highest BCUT2D eigenvalue weighted by atomic mass is 32.2. The van der Waals surface area contributed by atoms with Crippen molar-refractivity contribution >= 4 is 48.5 Å². The molecule has 0 saturated carbocycles. The van der Waals surface area contributed by atoms with Crippen molar-refractivity contribution in [2.24, 2.45) is 0 Å². The Morgan fingerprint density at radius 1 is 0.744 bits per heavy atom. The lowest BCUT2D eigenvalue weighted by molar-refractivity contribution is 0.249. The first kappa shape index (κ1) is 23.8. The van der Waals surface area contributed by atoms with Gasteiger partial charge in [0.25, 0.3) is 10.0 Å². The van der Waals surface area contributed by atoms with Crippen LogP contribution < -0.4 is 4.90 Å². The molecule has 8 heteroatoms. The van der Waals surface area contributed by atoms with E-state index in [4.69, 9.17) is 4.98 Å². The summed E-state index contributed by atoms with van der Waals surface area (Å²) in [6, 6.07) is 29.1. The van der Waals surface area contributed by atoms with Gasteiger partial charge in [-0.15, -0.1) is 0 Å². The molecule has 0 atom stereocenters. The van der Waals surface area contributed by atoms with Crippen LogP contribution in [0.4, 0.5) is 5.82 Å². The van der Waals surface area contributed by atoms with Gasteiger partial charge in [0.15, 0.2) is 0 Å². The lowest BCUT2D eigenvalue weighted by Crippen LogP contribution is -2.46. The molecule has 0 radical (unpaired) electrons. The predicted octanol–water partition coefficient (Wildman–Crippen LogP) is 5.30. The molecule has 7 rings (SSSR count). The largest absolute Gasteiger partial charge is 0.353 e. The van der Waals surface area contributed by atoms with Gasteiger partial charge in [-0.1, -0.05) is 66.7 Å². The van der Waals surface area contributed by atoms with Crippen molar-refractivity contribution in [2.45, 2.75) is 11.4 Å². The van der Waals surface area contributed by atoms with E-state index < -0.39 is 10.0 Å². The number of piperazine rings is 1. The van der Waals surface area contributed by atoms with Gasteiger partial charge >= 0.3 is 0 Å². The summed E-state index contributed by atoms with van der Waals surface area (Å²) in [5.41, 5.74) is 3.20. The van der Waals surface area contributed by atoms with Gasteiger partial charge in [0.1, 0.15) is 10.7 Å². The topological polar surface area (TPSA) is 71.3 Å². The Hall–Kier alpha value is -4.27. The Bertz CT molecular complexity index is 1920. The van der Waals surface area contributed by atoms with Crippen LogP contribution in [-0.4, -0.2) is 53.4 Å². The van der Waals surface area contributed by atoms with E-state index >= 15 is 0 Å². The first-order valence-corrected chi connectivity index (χ1v) is 14.5. The average molecular weight is 534 g/mol. The monoisotopic (exact) mass is 533 g/mol. The normalized spacial score (nSPS) is 14.9. The summed E-state index contributed by atoms with van der Waals surface area (Å²) in [4.78, 5) is 14.4. The third-order valence-electron chi connectivity index (χ3n) is 7.53. The van der Waals surface area contributed by atoms with E-state index in [1.54, 1.807) is 24.5 Å². The molecule has 0 bridgehead atoms. The maximum atomic E-state index is 14.2. The number of hydrogen-bond donors (Lipinski definition) is 0. The second kappa shape index (κ2) is 9.48. The van der Waals surface area contributed by atoms with Crippen LogP contribution in [0.5, 0.6) is 0 Å². The average Bonchev–Trinajstić information content (AvgIpc) is 3.44. The third-order valence-corrected chi connectivity index (χ3v) is 9.24. The number of rotatable bonds is 5. The molecule has 7 nitrogen and oxygen atoms in total. The van der Waals surface area contributed by atoms with E-state index in [1.807, 2.05) is 54.6 Å². The lowest BCUT2D eigenvalue weighted by Gasteiger charge is -2.36. The molecular formula is C31H27N5O2S. The summed E-state index contributed by atoms with van der Waals surface area (Å²) in [5, 5.41) is 2.43. The zero-order valence-corrected chi connectivity index (χ0v) is 22.1. The number of benzene rings is 3. The molecular weight excluding hydrogens is 506 g/mol. The Labute approximate surface area is 227 Å². The molecule has 3 aromatic heterocycles. The molecule has 1 aliphatic heterocycles. The van der Waals surface area contributed by atoms with Crippen LogP contribution in [0.3, 0.4) is 0 Å². The van der Waals surface area contributed by atoms with Crippen LogP contribution in [0.15, 0.2) is 108 Å². The summed E-state index contributed by atoms with van der Waals surface area (Å²) < 4.78 is 29.7. The van der Waals surface area contributed by atoms with Crippen molar-refractivity contribution in [3.8, 4) is 0 Å². The summed E-state index contributed by atoms with van der Waals surface area (Å²) in [5.74, 6) is 0.827. The SMILES string of the molecule is O=S(=O)(c1cccc2cccnc12)n1ccc2c(N3CCN(Cc4ccccc4)CC3)nc3ccccc3c21. The Morgan fingerprint density at radius 2 is 1.51 bits per heavy atom. The second-order valence-corrected chi connectivity index (χ2v) is 11.7. The number of para-hydroxylation sites is 2. The Kier molecular flexibility index (Phi) is 5.79. The summed E-state index contributed by atoms with van der Waals surface area (Å²) in [6.07, 6.45) is 3.29. The number of aromatic nitrogens is 3. The first-order valence-electron chi connectivity index (χ1n) is 13.1. The molecule has 1 aliphatic rings. The molecule has 0 aliphatic carbocycles. The van der Waals surface area contributed by atoms with Gasteiger partial charge in [-0.2, -0.15) is 0 Å². The highest BCUT2D eigenvalue weighted by Crippen LogP contribution is 2.35. The minimum absolute atomic E-state index is 0.190. The molecule has 4 heterocycles. The molecule has 0 unspecified atom stereocenters. The Morgan fingerprint density at radius 3 is 2.36 bits per heavy atom. The molecule has 0 spiro atoms. The van der Waals surface area contributed by atoms with Crippen LogP contribution >= 0.6 is 0 Å². The minimum Gasteiger partial charge on any atom is -0.353 e. The molecule has 3 aromatic carbocycles. The van der Waals surface area contributed by atoms with Crippen molar-refractivity contribution in [2.75, 3.05) is 31.1 Å². The van der Waals surface area contributed by atoms with E-state index in [2.05, 4.69) is 39.0 Å².